The molecule has 0 amide bonds. The molecule has 4 N–H and O–H groups in total. The van der Waals surface area contributed by atoms with Gasteiger partial charge in [-0.05, 0) is 12.2 Å². The third-order valence-corrected chi connectivity index (χ3v) is 0. The summed E-state index contributed by atoms with van der Waals surface area (Å²) in [6.07, 6.45) is 0. The Morgan fingerprint density at radius 1 is 1.33 bits per heavy atom. The summed E-state index contributed by atoms with van der Waals surface area (Å²) in [5, 5.41) is 0.000000000000000222. The van der Waals surface area contributed by atoms with Crippen LogP contribution in [0, 0.1) is 0 Å². The first kappa shape index (κ1) is 9.63. The molecule has 5 heteroatoms. The summed E-state index contributed by atoms with van der Waals surface area (Å²) in [5.74, 6) is 0. The average Bonchev–Trinajstić information content (AvgIpc) is 1.41. The Labute approximate surface area is 52.5 Å². The van der Waals surface area contributed by atoms with E-state index in [1.54, 1.807) is 0 Å². The summed E-state index contributed by atoms with van der Waals surface area (Å²) in [6.45, 7) is 0. The van der Waals surface area contributed by atoms with Gasteiger partial charge in [-0.25, -0.2) is 0 Å². The Hall–Kier alpha value is 0.390. The van der Waals surface area contributed by atoms with Crippen LogP contribution in [-0.4, -0.2) is 5.11 Å². The molecule has 0 aromatic rings. The van der Waals surface area contributed by atoms with Crippen molar-refractivity contribution >= 4 is 40.7 Å². The van der Waals surface area contributed by atoms with E-state index in [2.05, 4.69) is 47.0 Å². The van der Waals surface area contributed by atoms with Crippen molar-refractivity contribution in [3.8, 4) is 0 Å². The molecule has 0 aliphatic heterocycles. The summed E-state index contributed by atoms with van der Waals surface area (Å²) in [4.78, 5) is 0. The van der Waals surface area contributed by atoms with Gasteiger partial charge in [0, 0.05) is 0 Å². The molecule has 0 heterocycles. The Balaban J connectivity index is 0. The molecule has 38 valence electrons. The van der Waals surface area contributed by atoms with Crippen LogP contribution < -0.4 is 11.5 Å². The molecule has 0 bridgehead atoms. The molecule has 0 aliphatic rings. The number of hydrogen-bond acceptors (Lipinski definition) is 3. The number of hydrogen-bond donors (Lipinski definition) is 4. The molecule has 0 fully saturated rings. The van der Waals surface area contributed by atoms with Crippen LogP contribution in [0.4, 0.5) is 0 Å². The zero-order valence-electron chi connectivity index (χ0n) is 2.96. The first-order chi connectivity index (χ1) is 2.73. The summed E-state index contributed by atoms with van der Waals surface area (Å²) in [7, 11) is 0. The molecule has 0 aliphatic carbocycles. The van der Waals surface area contributed by atoms with Crippen LogP contribution in [0.25, 0.3) is 0 Å². The molecule has 0 radical (unpaired) electrons. The lowest BCUT2D eigenvalue weighted by Crippen LogP contribution is -2.18. The van der Waals surface area contributed by atoms with Gasteiger partial charge in [0.15, 0.2) is 5.11 Å². The van der Waals surface area contributed by atoms with E-state index in [4.69, 9.17) is 0 Å². The molecule has 0 atom stereocenters. The zero-order chi connectivity index (χ0) is 5.58. The van der Waals surface area contributed by atoms with Gasteiger partial charge in [-0.15, -0.1) is 23.3 Å². The van der Waals surface area contributed by atoms with E-state index in [1.807, 2.05) is 0 Å². The molecule has 0 saturated carbocycles. The van der Waals surface area contributed by atoms with E-state index < -0.39 is 0 Å². The molecule has 0 aromatic heterocycles. The summed E-state index contributed by atoms with van der Waals surface area (Å²) in [5.41, 5.74) is 9.24. The third kappa shape index (κ3) is 332. The van der Waals surface area contributed by atoms with Crippen LogP contribution >= 0.6 is 35.5 Å². The van der Waals surface area contributed by atoms with E-state index in [1.165, 1.54) is 0 Å². The number of nitrogens with two attached hydrogens (primary N) is 2. The lowest BCUT2D eigenvalue weighted by atomic mass is 11.3. The van der Waals surface area contributed by atoms with E-state index in [-0.39, 0.29) is 5.11 Å². The highest BCUT2D eigenvalue weighted by atomic mass is 33.1. The van der Waals surface area contributed by atoms with Crippen LogP contribution in [0.2, 0.25) is 0 Å². The second-order valence-electron chi connectivity index (χ2n) is 0.402. The van der Waals surface area contributed by atoms with Crippen molar-refractivity contribution in [1.82, 2.24) is 0 Å². The Bertz CT molecular complexity index is 31.8. The van der Waals surface area contributed by atoms with Gasteiger partial charge in [0.2, 0.25) is 0 Å². The quantitative estimate of drug-likeness (QED) is 0.218. The molecule has 0 unspecified atom stereocenters. The van der Waals surface area contributed by atoms with Gasteiger partial charge >= 0.3 is 0 Å². The maximum Gasteiger partial charge on any atom is 0.160 e. The summed E-state index contributed by atoms with van der Waals surface area (Å²) >= 11 is 10.5. The van der Waals surface area contributed by atoms with Crippen molar-refractivity contribution in [2.24, 2.45) is 11.5 Å². The lowest BCUT2D eigenvalue weighted by Gasteiger charge is -1.68. The van der Waals surface area contributed by atoms with E-state index in [0.717, 1.165) is 0 Å². The monoisotopic (exact) mass is 142 g/mol. The van der Waals surface area contributed by atoms with Gasteiger partial charge < -0.3 is 11.5 Å². The van der Waals surface area contributed by atoms with Crippen LogP contribution in [0.5, 0.6) is 0 Å². The number of rotatable bonds is 0. The Morgan fingerprint density at radius 3 is 1.33 bits per heavy atom. The minimum Gasteiger partial charge on any atom is -0.377 e. The van der Waals surface area contributed by atoms with Crippen LogP contribution in [0.1, 0.15) is 0 Å². The third-order valence-electron chi connectivity index (χ3n) is 0. The maximum atomic E-state index is 4.62. The molecule has 0 rings (SSSR count). The first-order valence-electron chi connectivity index (χ1n) is 0.981. The summed E-state index contributed by atoms with van der Waals surface area (Å²) in [6, 6.07) is 0. The Morgan fingerprint density at radius 2 is 1.33 bits per heavy atom. The van der Waals surface area contributed by atoms with E-state index in [0.29, 0.717) is 0 Å². The van der Waals surface area contributed by atoms with Crippen molar-refractivity contribution in [1.29, 1.82) is 0 Å². The normalized spacial score (nSPS) is 5.00. The first-order valence-corrected chi connectivity index (χ1v) is 2.99. The van der Waals surface area contributed by atoms with Crippen molar-refractivity contribution in [2.75, 3.05) is 0 Å². The summed E-state index contributed by atoms with van der Waals surface area (Å²) < 4.78 is 0. The minimum absolute atomic E-state index is 0.000000000000000222. The molecular weight excluding hydrogens is 136 g/mol. The lowest BCUT2D eigenvalue weighted by molar-refractivity contribution is 1.65. The number of thiocarbonyl (C=S) groups is 1. The fourth-order valence-electron chi connectivity index (χ4n) is 0. The Kier molecular flexibility index (Phi) is 14.5. The number of thiol groups is 2. The van der Waals surface area contributed by atoms with Crippen molar-refractivity contribution in [2.45, 2.75) is 0 Å². The highest BCUT2D eigenvalue weighted by molar-refractivity contribution is 8.59. The second kappa shape index (κ2) is 9.04. The maximum absolute atomic E-state index is 4.62. The van der Waals surface area contributed by atoms with Crippen molar-refractivity contribution in [3.05, 3.63) is 0 Å². The average molecular weight is 142 g/mol. The van der Waals surface area contributed by atoms with Gasteiger partial charge in [0.05, 0.1) is 0 Å². The minimum atomic E-state index is 0.000000000000000222. The van der Waals surface area contributed by atoms with E-state index >= 15 is 0 Å². The molecule has 6 heavy (non-hydrogen) atoms. The van der Waals surface area contributed by atoms with Crippen LogP contribution in [0.3, 0.4) is 0 Å². The van der Waals surface area contributed by atoms with Gasteiger partial charge in [-0.3, -0.25) is 0 Å². The van der Waals surface area contributed by atoms with Gasteiger partial charge in [-0.1, -0.05) is 0 Å². The highest BCUT2D eigenvalue weighted by Crippen LogP contribution is 1.65. The van der Waals surface area contributed by atoms with Crippen molar-refractivity contribution in [3.63, 3.8) is 0 Å². The molecular formula is CH6N2S3. The predicted molar refractivity (Wildman–Crippen MR) is 38.9 cm³/mol. The van der Waals surface area contributed by atoms with Crippen molar-refractivity contribution < 1.29 is 0 Å². The predicted octanol–water partition coefficient (Wildman–Crippen LogP) is -0.0503. The van der Waals surface area contributed by atoms with E-state index in [9.17, 15) is 0 Å². The smallest absolute Gasteiger partial charge is 0.160 e. The largest absolute Gasteiger partial charge is 0.377 e. The van der Waals surface area contributed by atoms with Crippen LogP contribution in [-0.2, 0) is 0 Å². The SMILES string of the molecule is NC(N)=S.SS. The van der Waals surface area contributed by atoms with Gasteiger partial charge in [0.1, 0.15) is 0 Å². The fourth-order valence-corrected chi connectivity index (χ4v) is 0. The second-order valence-corrected chi connectivity index (χ2v) is 0.874. The molecule has 2 nitrogen and oxygen atoms in total. The highest BCUT2D eigenvalue weighted by Gasteiger charge is 1.53. The fraction of sp³-hybridized carbons (Fsp3) is 0. The topological polar surface area (TPSA) is 52.0 Å². The molecule has 0 spiro atoms. The zero-order valence-corrected chi connectivity index (χ0v) is 5.56. The van der Waals surface area contributed by atoms with Gasteiger partial charge in [-0.2, -0.15) is 0 Å². The van der Waals surface area contributed by atoms with Crippen LogP contribution in [0.15, 0.2) is 0 Å². The standard InChI is InChI=1S/CH4N2S.H2S2/c2-1(3)4;1-2/h(H4,2,3,4);1-2H. The molecule has 0 aromatic carbocycles. The van der Waals surface area contributed by atoms with Gasteiger partial charge in [0.25, 0.3) is 0 Å². The molecule has 0 saturated heterocycles.